The zero-order valence-electron chi connectivity index (χ0n) is 12.0. The first-order valence-electron chi connectivity index (χ1n) is 7.76. The average molecular weight is 259 g/mol. The SMILES string of the molecule is Cc1cccc(OC[C@@H]2CCCN3CCCC[C@H]23)c1. The van der Waals surface area contributed by atoms with E-state index >= 15 is 0 Å². The number of hydrogen-bond acceptors (Lipinski definition) is 2. The van der Waals surface area contributed by atoms with E-state index in [-0.39, 0.29) is 0 Å². The van der Waals surface area contributed by atoms with E-state index in [1.807, 2.05) is 0 Å². The lowest BCUT2D eigenvalue weighted by atomic mass is 9.84. The zero-order chi connectivity index (χ0) is 13.1. The topological polar surface area (TPSA) is 12.5 Å². The van der Waals surface area contributed by atoms with Gasteiger partial charge in [0.25, 0.3) is 0 Å². The fourth-order valence-corrected chi connectivity index (χ4v) is 3.68. The third-order valence-corrected chi connectivity index (χ3v) is 4.68. The third kappa shape index (κ3) is 3.11. The zero-order valence-corrected chi connectivity index (χ0v) is 12.0. The molecule has 1 aromatic rings. The van der Waals surface area contributed by atoms with Crippen LogP contribution in [0.15, 0.2) is 24.3 Å². The van der Waals surface area contributed by atoms with Crippen LogP contribution in [0, 0.1) is 12.8 Å². The van der Waals surface area contributed by atoms with Crippen molar-refractivity contribution in [3.8, 4) is 5.75 Å². The van der Waals surface area contributed by atoms with Gasteiger partial charge in [-0.25, -0.2) is 0 Å². The predicted molar refractivity (Wildman–Crippen MR) is 78.6 cm³/mol. The molecule has 0 N–H and O–H groups in total. The molecule has 2 fully saturated rings. The lowest BCUT2D eigenvalue weighted by Crippen LogP contribution is -2.49. The van der Waals surface area contributed by atoms with Crippen molar-refractivity contribution < 1.29 is 4.74 Å². The Bertz CT molecular complexity index is 415. The summed E-state index contributed by atoms with van der Waals surface area (Å²) in [5.41, 5.74) is 1.28. The van der Waals surface area contributed by atoms with E-state index in [1.165, 1.54) is 50.8 Å². The fourth-order valence-electron chi connectivity index (χ4n) is 3.68. The fraction of sp³-hybridized carbons (Fsp3) is 0.647. The summed E-state index contributed by atoms with van der Waals surface area (Å²) in [4.78, 5) is 2.71. The van der Waals surface area contributed by atoms with Crippen LogP contribution >= 0.6 is 0 Å². The Labute approximate surface area is 116 Å². The van der Waals surface area contributed by atoms with E-state index in [4.69, 9.17) is 4.74 Å². The number of ether oxygens (including phenoxy) is 1. The van der Waals surface area contributed by atoms with Gasteiger partial charge in [-0.3, -0.25) is 4.90 Å². The molecule has 2 heteroatoms. The molecule has 0 saturated carbocycles. The molecule has 0 aliphatic carbocycles. The van der Waals surface area contributed by atoms with E-state index < -0.39 is 0 Å². The molecule has 0 unspecified atom stereocenters. The number of hydrogen-bond donors (Lipinski definition) is 0. The maximum atomic E-state index is 6.05. The van der Waals surface area contributed by atoms with Gasteiger partial charge in [0.05, 0.1) is 6.61 Å². The van der Waals surface area contributed by atoms with Crippen LogP contribution in [-0.2, 0) is 0 Å². The van der Waals surface area contributed by atoms with Crippen LogP contribution in [0.25, 0.3) is 0 Å². The van der Waals surface area contributed by atoms with Crippen LogP contribution in [0.5, 0.6) is 5.75 Å². The highest BCUT2D eigenvalue weighted by atomic mass is 16.5. The van der Waals surface area contributed by atoms with Gasteiger partial charge in [-0.2, -0.15) is 0 Å². The van der Waals surface area contributed by atoms with Crippen LogP contribution in [0.2, 0.25) is 0 Å². The van der Waals surface area contributed by atoms with Crippen LogP contribution in [0.4, 0.5) is 0 Å². The van der Waals surface area contributed by atoms with Crippen molar-refractivity contribution in [1.29, 1.82) is 0 Å². The van der Waals surface area contributed by atoms with Gasteiger partial charge < -0.3 is 4.74 Å². The van der Waals surface area contributed by atoms with Crippen LogP contribution in [0.3, 0.4) is 0 Å². The summed E-state index contributed by atoms with van der Waals surface area (Å²) in [6.45, 7) is 5.64. The first kappa shape index (κ1) is 13.0. The molecule has 0 bridgehead atoms. The Morgan fingerprint density at radius 2 is 2.05 bits per heavy atom. The molecule has 2 aliphatic heterocycles. The van der Waals surface area contributed by atoms with Crippen molar-refractivity contribution in [2.75, 3.05) is 19.7 Å². The number of rotatable bonds is 3. The number of piperidine rings is 2. The van der Waals surface area contributed by atoms with Crippen molar-refractivity contribution in [3.63, 3.8) is 0 Å². The molecular weight excluding hydrogens is 234 g/mol. The van der Waals surface area contributed by atoms with E-state index in [0.29, 0.717) is 0 Å². The highest BCUT2D eigenvalue weighted by Crippen LogP contribution is 2.31. The summed E-state index contributed by atoms with van der Waals surface area (Å²) in [6.07, 6.45) is 6.86. The molecule has 104 valence electrons. The average Bonchev–Trinajstić information content (AvgIpc) is 2.45. The Kier molecular flexibility index (Phi) is 4.07. The summed E-state index contributed by atoms with van der Waals surface area (Å²) in [5, 5.41) is 0. The van der Waals surface area contributed by atoms with Gasteiger partial charge in [0.15, 0.2) is 0 Å². The van der Waals surface area contributed by atoms with E-state index in [0.717, 1.165) is 24.3 Å². The lowest BCUT2D eigenvalue weighted by Gasteiger charge is -2.44. The van der Waals surface area contributed by atoms with Crippen LogP contribution in [-0.4, -0.2) is 30.6 Å². The number of nitrogens with zero attached hydrogens (tertiary/aromatic N) is 1. The molecule has 1 aromatic carbocycles. The highest BCUT2D eigenvalue weighted by molar-refractivity contribution is 5.27. The maximum Gasteiger partial charge on any atom is 0.119 e. The minimum atomic E-state index is 0.731. The van der Waals surface area contributed by atoms with Gasteiger partial charge >= 0.3 is 0 Å². The van der Waals surface area contributed by atoms with Crippen molar-refractivity contribution in [2.24, 2.45) is 5.92 Å². The largest absolute Gasteiger partial charge is 0.493 e. The van der Waals surface area contributed by atoms with Crippen LogP contribution < -0.4 is 4.74 Å². The molecule has 0 spiro atoms. The van der Waals surface area contributed by atoms with E-state index in [9.17, 15) is 0 Å². The molecule has 0 radical (unpaired) electrons. The summed E-state index contributed by atoms with van der Waals surface area (Å²) in [7, 11) is 0. The van der Waals surface area contributed by atoms with E-state index in [1.54, 1.807) is 0 Å². The highest BCUT2D eigenvalue weighted by Gasteiger charge is 2.33. The molecule has 2 heterocycles. The summed E-state index contributed by atoms with van der Waals surface area (Å²) in [6, 6.07) is 9.21. The molecule has 19 heavy (non-hydrogen) atoms. The molecule has 2 aliphatic rings. The first-order chi connectivity index (χ1) is 9.33. The minimum absolute atomic E-state index is 0.731. The summed E-state index contributed by atoms with van der Waals surface area (Å²) < 4.78 is 6.05. The maximum absolute atomic E-state index is 6.05. The number of aryl methyl sites for hydroxylation is 1. The van der Waals surface area contributed by atoms with Crippen molar-refractivity contribution in [2.45, 2.75) is 45.1 Å². The molecule has 0 aromatic heterocycles. The molecule has 3 rings (SSSR count). The van der Waals surface area contributed by atoms with Crippen molar-refractivity contribution in [3.05, 3.63) is 29.8 Å². The first-order valence-corrected chi connectivity index (χ1v) is 7.76. The normalized spacial score (nSPS) is 27.8. The standard InChI is InChI=1S/C17H25NO/c1-14-6-4-8-16(12-14)19-13-15-7-5-11-18-10-3-2-9-17(15)18/h4,6,8,12,15,17H,2-3,5,7,9-11,13H2,1H3/t15-,17+/m0/s1. The Morgan fingerprint density at radius 3 is 2.95 bits per heavy atom. The van der Waals surface area contributed by atoms with Gasteiger partial charge in [-0.15, -0.1) is 0 Å². The molecule has 2 atom stereocenters. The number of benzene rings is 1. The monoisotopic (exact) mass is 259 g/mol. The summed E-state index contributed by atoms with van der Waals surface area (Å²) >= 11 is 0. The second kappa shape index (κ2) is 5.96. The van der Waals surface area contributed by atoms with Gasteiger partial charge in [0, 0.05) is 12.0 Å². The molecule has 2 nitrogen and oxygen atoms in total. The molecular formula is C17H25NO. The van der Waals surface area contributed by atoms with E-state index in [2.05, 4.69) is 36.1 Å². The number of fused-ring (bicyclic) bond motifs is 1. The quantitative estimate of drug-likeness (QED) is 0.821. The molecule has 2 saturated heterocycles. The Hall–Kier alpha value is -1.02. The van der Waals surface area contributed by atoms with Gasteiger partial charge in [0.2, 0.25) is 0 Å². The second-order valence-electron chi connectivity index (χ2n) is 6.13. The Balaban J connectivity index is 1.59. The van der Waals surface area contributed by atoms with Gasteiger partial charge in [0.1, 0.15) is 5.75 Å². The van der Waals surface area contributed by atoms with Gasteiger partial charge in [-0.1, -0.05) is 18.6 Å². The molecule has 0 amide bonds. The minimum Gasteiger partial charge on any atom is -0.493 e. The Morgan fingerprint density at radius 1 is 1.16 bits per heavy atom. The van der Waals surface area contributed by atoms with Gasteiger partial charge in [-0.05, 0) is 63.4 Å². The summed E-state index contributed by atoms with van der Waals surface area (Å²) in [5.74, 6) is 1.77. The second-order valence-corrected chi connectivity index (χ2v) is 6.13. The van der Waals surface area contributed by atoms with Crippen LogP contribution in [0.1, 0.15) is 37.7 Å². The smallest absolute Gasteiger partial charge is 0.119 e. The predicted octanol–water partition coefficient (Wildman–Crippen LogP) is 3.64. The lowest BCUT2D eigenvalue weighted by molar-refractivity contribution is 0.0366. The van der Waals surface area contributed by atoms with Crippen molar-refractivity contribution >= 4 is 0 Å². The third-order valence-electron chi connectivity index (χ3n) is 4.68. The van der Waals surface area contributed by atoms with Crippen molar-refractivity contribution in [1.82, 2.24) is 4.90 Å².